The third kappa shape index (κ3) is 54.0. The number of hydrogen-bond acceptors (Lipinski definition) is 5. The van der Waals surface area contributed by atoms with Crippen LogP contribution in [-0.4, -0.2) is 47.4 Å². The number of ether oxygens (including phenoxy) is 1. The van der Waals surface area contributed by atoms with Gasteiger partial charge in [-0.2, -0.15) is 0 Å². The Morgan fingerprint density at radius 1 is 0.358 bits per heavy atom. The first kappa shape index (κ1) is 65.9. The number of amides is 1. The number of hydrogen-bond donors (Lipinski definition) is 3. The Labute approximate surface area is 419 Å². The minimum atomic E-state index is -0.668. The Hall–Kier alpha value is -1.14. The van der Waals surface area contributed by atoms with Crippen LogP contribution in [0, 0.1) is 0 Å². The Kier molecular flexibility index (Phi) is 56.5. The van der Waals surface area contributed by atoms with Crippen LogP contribution in [-0.2, 0) is 14.3 Å². The number of unbranched alkanes of at least 4 members (excludes halogenated alkanes) is 47. The average molecular weight is 949 g/mol. The van der Waals surface area contributed by atoms with Gasteiger partial charge in [-0.3, -0.25) is 9.59 Å². The summed E-state index contributed by atoms with van der Waals surface area (Å²) < 4.78 is 5.48. The minimum Gasteiger partial charge on any atom is -0.466 e. The molecule has 6 heteroatoms. The van der Waals surface area contributed by atoms with Gasteiger partial charge in [-0.05, 0) is 25.7 Å². The molecule has 0 radical (unpaired) electrons. The van der Waals surface area contributed by atoms with Crippen molar-refractivity contribution in [2.24, 2.45) is 0 Å². The van der Waals surface area contributed by atoms with Crippen LogP contribution >= 0.6 is 0 Å². The molecule has 0 bridgehead atoms. The van der Waals surface area contributed by atoms with Crippen molar-refractivity contribution in [3.8, 4) is 0 Å². The van der Waals surface area contributed by atoms with E-state index in [4.69, 9.17) is 4.74 Å². The molecule has 0 fully saturated rings. The van der Waals surface area contributed by atoms with Crippen molar-refractivity contribution >= 4 is 11.9 Å². The van der Waals surface area contributed by atoms with E-state index in [1.807, 2.05) is 0 Å². The fourth-order valence-corrected chi connectivity index (χ4v) is 9.94. The zero-order chi connectivity index (χ0) is 48.6. The highest BCUT2D eigenvalue weighted by Crippen LogP contribution is 2.18. The SMILES string of the molecule is CCCCCCCCCCCCCCCCCCCCCCCC(O)C(CO)NC(=O)CCCCCCCCCCCCCCCCCCOC(=O)CCCCCCCCCCCCCCC. The van der Waals surface area contributed by atoms with Gasteiger partial charge < -0.3 is 20.3 Å². The summed E-state index contributed by atoms with van der Waals surface area (Å²) in [6.07, 6.45) is 66.7. The van der Waals surface area contributed by atoms with E-state index < -0.39 is 12.1 Å². The van der Waals surface area contributed by atoms with Crippen molar-refractivity contribution in [3.63, 3.8) is 0 Å². The molecular weight excluding hydrogens is 827 g/mol. The summed E-state index contributed by atoms with van der Waals surface area (Å²) in [6, 6.07) is -0.546. The molecule has 0 rings (SSSR count). The minimum absolute atomic E-state index is 0.00609. The van der Waals surface area contributed by atoms with Crippen LogP contribution in [0.3, 0.4) is 0 Å². The van der Waals surface area contributed by atoms with E-state index in [1.165, 1.54) is 276 Å². The van der Waals surface area contributed by atoms with Crippen LogP contribution in [0.2, 0.25) is 0 Å². The number of nitrogens with one attached hydrogen (secondary N) is 1. The van der Waals surface area contributed by atoms with Crippen LogP contribution in [0.1, 0.15) is 354 Å². The highest BCUT2D eigenvalue weighted by molar-refractivity contribution is 5.76. The molecule has 0 heterocycles. The van der Waals surface area contributed by atoms with Gasteiger partial charge in [0.1, 0.15) is 0 Å². The molecule has 67 heavy (non-hydrogen) atoms. The summed E-state index contributed by atoms with van der Waals surface area (Å²) in [6.45, 7) is 4.97. The molecule has 0 aromatic rings. The molecule has 2 unspecified atom stereocenters. The lowest BCUT2D eigenvalue weighted by Gasteiger charge is -2.22. The summed E-state index contributed by atoms with van der Waals surface area (Å²) in [5.41, 5.74) is 0. The van der Waals surface area contributed by atoms with Crippen molar-refractivity contribution in [1.82, 2.24) is 5.32 Å². The fourth-order valence-electron chi connectivity index (χ4n) is 9.94. The highest BCUT2D eigenvalue weighted by Gasteiger charge is 2.20. The average Bonchev–Trinajstić information content (AvgIpc) is 3.33. The summed E-state index contributed by atoms with van der Waals surface area (Å²) in [5.74, 6) is -0.0310. The second-order valence-corrected chi connectivity index (χ2v) is 21.4. The summed E-state index contributed by atoms with van der Waals surface area (Å²) in [7, 11) is 0. The molecule has 6 nitrogen and oxygen atoms in total. The maximum atomic E-state index is 12.5. The monoisotopic (exact) mass is 948 g/mol. The number of esters is 1. The third-order valence-electron chi connectivity index (χ3n) is 14.7. The fraction of sp³-hybridized carbons (Fsp3) is 0.967. The molecule has 0 aliphatic carbocycles. The predicted octanol–water partition coefficient (Wildman–Crippen LogP) is 19.1. The van der Waals surface area contributed by atoms with E-state index in [0.29, 0.717) is 25.9 Å². The molecule has 0 saturated carbocycles. The lowest BCUT2D eigenvalue weighted by molar-refractivity contribution is -0.143. The molecule has 0 spiro atoms. The predicted molar refractivity (Wildman–Crippen MR) is 292 cm³/mol. The maximum Gasteiger partial charge on any atom is 0.305 e. The van der Waals surface area contributed by atoms with Gasteiger partial charge >= 0.3 is 5.97 Å². The number of rotatable bonds is 58. The van der Waals surface area contributed by atoms with Crippen molar-refractivity contribution in [2.75, 3.05) is 13.2 Å². The second kappa shape index (κ2) is 57.4. The smallest absolute Gasteiger partial charge is 0.305 e. The van der Waals surface area contributed by atoms with Crippen molar-refractivity contribution < 1.29 is 24.5 Å². The van der Waals surface area contributed by atoms with E-state index >= 15 is 0 Å². The van der Waals surface area contributed by atoms with Gasteiger partial charge in [-0.1, -0.05) is 316 Å². The highest BCUT2D eigenvalue weighted by atomic mass is 16.5. The van der Waals surface area contributed by atoms with Gasteiger partial charge in [-0.15, -0.1) is 0 Å². The molecule has 1 amide bonds. The lowest BCUT2D eigenvalue weighted by atomic mass is 10.0. The lowest BCUT2D eigenvalue weighted by Crippen LogP contribution is -2.45. The van der Waals surface area contributed by atoms with E-state index in [1.54, 1.807) is 0 Å². The van der Waals surface area contributed by atoms with Gasteiger partial charge in [0.05, 0.1) is 25.4 Å². The Morgan fingerprint density at radius 3 is 0.910 bits per heavy atom. The van der Waals surface area contributed by atoms with E-state index in [9.17, 15) is 19.8 Å². The molecular formula is C61H121NO5. The molecule has 0 aliphatic heterocycles. The van der Waals surface area contributed by atoms with Crippen LogP contribution in [0.5, 0.6) is 0 Å². The van der Waals surface area contributed by atoms with Crippen molar-refractivity contribution in [1.29, 1.82) is 0 Å². The first-order valence-electron chi connectivity index (χ1n) is 30.8. The van der Waals surface area contributed by atoms with E-state index in [0.717, 1.165) is 44.9 Å². The van der Waals surface area contributed by atoms with Gasteiger partial charge in [0.25, 0.3) is 0 Å². The number of aliphatic hydroxyl groups excluding tert-OH is 2. The molecule has 400 valence electrons. The Balaban J connectivity index is 3.41. The normalized spacial score (nSPS) is 12.5. The van der Waals surface area contributed by atoms with E-state index in [-0.39, 0.29) is 18.5 Å². The molecule has 3 N–H and O–H groups in total. The van der Waals surface area contributed by atoms with Crippen LogP contribution < -0.4 is 5.32 Å². The number of aliphatic hydroxyl groups is 2. The molecule has 0 aromatic carbocycles. The number of carbonyl (C=O) groups is 2. The van der Waals surface area contributed by atoms with Crippen LogP contribution in [0.25, 0.3) is 0 Å². The molecule has 0 aliphatic rings. The topological polar surface area (TPSA) is 95.9 Å². The summed E-state index contributed by atoms with van der Waals surface area (Å²) in [4.78, 5) is 24.5. The zero-order valence-corrected chi connectivity index (χ0v) is 45.7. The standard InChI is InChI=1S/C61H121NO5/c1-3-5-7-9-11-13-15-17-18-19-20-21-22-23-26-30-33-37-41-45-49-53-59(64)58(57-63)62-60(65)54-50-46-42-38-34-31-27-24-25-28-32-36-40-44-48-52-56-67-61(66)55-51-47-43-39-35-29-16-14-12-10-8-6-4-2/h58-59,63-64H,3-57H2,1-2H3,(H,62,65). The van der Waals surface area contributed by atoms with Crippen LogP contribution in [0.4, 0.5) is 0 Å². The molecule has 2 atom stereocenters. The summed E-state index contributed by atoms with van der Waals surface area (Å²) in [5, 5.41) is 23.4. The van der Waals surface area contributed by atoms with Gasteiger partial charge in [-0.25, -0.2) is 0 Å². The van der Waals surface area contributed by atoms with Crippen LogP contribution in [0.15, 0.2) is 0 Å². The summed E-state index contributed by atoms with van der Waals surface area (Å²) >= 11 is 0. The second-order valence-electron chi connectivity index (χ2n) is 21.4. The Bertz CT molecular complexity index is 959. The quantitative estimate of drug-likeness (QED) is 0.0417. The molecule has 0 aromatic heterocycles. The maximum absolute atomic E-state index is 12.5. The Morgan fingerprint density at radius 2 is 0.612 bits per heavy atom. The van der Waals surface area contributed by atoms with E-state index in [2.05, 4.69) is 19.2 Å². The first-order chi connectivity index (χ1) is 33.0. The van der Waals surface area contributed by atoms with Gasteiger partial charge in [0.2, 0.25) is 5.91 Å². The third-order valence-corrected chi connectivity index (χ3v) is 14.7. The molecule has 0 saturated heterocycles. The largest absolute Gasteiger partial charge is 0.466 e. The first-order valence-corrected chi connectivity index (χ1v) is 30.8. The number of carbonyl (C=O) groups excluding carboxylic acids is 2. The van der Waals surface area contributed by atoms with Crippen molar-refractivity contribution in [3.05, 3.63) is 0 Å². The van der Waals surface area contributed by atoms with Crippen molar-refractivity contribution in [2.45, 2.75) is 366 Å². The van der Waals surface area contributed by atoms with Gasteiger partial charge in [0, 0.05) is 12.8 Å². The van der Waals surface area contributed by atoms with Gasteiger partial charge in [0.15, 0.2) is 0 Å². The zero-order valence-electron chi connectivity index (χ0n) is 45.7.